The maximum atomic E-state index is 12.3. The van der Waals surface area contributed by atoms with E-state index in [2.05, 4.69) is 15.3 Å². The van der Waals surface area contributed by atoms with Crippen LogP contribution in [0.4, 0.5) is 0 Å². The first-order chi connectivity index (χ1) is 12.6. The fourth-order valence-electron chi connectivity index (χ4n) is 2.40. The maximum absolute atomic E-state index is 12.3. The Bertz CT molecular complexity index is 927. The van der Waals surface area contributed by atoms with Gasteiger partial charge in [-0.3, -0.25) is 9.59 Å². The Hall–Kier alpha value is -2.86. The number of thioether (sulfide) groups is 1. The Morgan fingerprint density at radius 3 is 2.46 bits per heavy atom. The summed E-state index contributed by atoms with van der Waals surface area (Å²) in [5.41, 5.74) is 2.25. The zero-order valence-corrected chi connectivity index (χ0v) is 15.1. The van der Waals surface area contributed by atoms with Crippen LogP contribution in [0.3, 0.4) is 0 Å². The first-order valence-electron chi connectivity index (χ1n) is 8.27. The minimum atomic E-state index is -0.382. The fraction of sp³-hybridized carbons (Fsp3) is 0.150. The molecule has 0 saturated heterocycles. The molecule has 0 saturated carbocycles. The lowest BCUT2D eigenvalue weighted by Gasteiger charge is -2.12. The number of aromatic nitrogens is 2. The van der Waals surface area contributed by atoms with E-state index in [1.165, 1.54) is 17.8 Å². The number of hydrogen-bond acceptors (Lipinski definition) is 4. The number of nitrogens with zero attached hydrogens (tertiary/aromatic N) is 1. The second-order valence-corrected chi connectivity index (χ2v) is 7.09. The van der Waals surface area contributed by atoms with Gasteiger partial charge in [0.05, 0.1) is 10.9 Å². The average Bonchev–Trinajstić information content (AvgIpc) is 2.67. The number of carbonyl (C=O) groups excluding carboxylic acids is 1. The average molecular weight is 365 g/mol. The fourth-order valence-corrected chi connectivity index (χ4v) is 3.23. The van der Waals surface area contributed by atoms with E-state index in [0.29, 0.717) is 17.4 Å². The standard InChI is InChI=1S/C20H19N3O2S/c1-14(19(25)21-13-15-8-4-2-5-9-15)26-20-22-17(12-18(24)23-20)16-10-6-3-7-11-16/h2-12,14H,13H2,1H3,(H,21,25)(H,22,23,24)/t14-/m1/s1. The molecule has 2 N–H and O–H groups in total. The van der Waals surface area contributed by atoms with Gasteiger partial charge in [-0.15, -0.1) is 0 Å². The Labute approximate surface area is 155 Å². The van der Waals surface area contributed by atoms with Crippen molar-refractivity contribution in [3.63, 3.8) is 0 Å². The largest absolute Gasteiger partial charge is 0.351 e. The summed E-state index contributed by atoms with van der Waals surface area (Å²) in [6, 6.07) is 20.7. The lowest BCUT2D eigenvalue weighted by molar-refractivity contribution is -0.120. The number of aromatic amines is 1. The van der Waals surface area contributed by atoms with E-state index in [4.69, 9.17) is 0 Å². The van der Waals surface area contributed by atoms with Gasteiger partial charge < -0.3 is 10.3 Å². The van der Waals surface area contributed by atoms with Crippen LogP contribution in [0.25, 0.3) is 11.3 Å². The molecule has 3 rings (SSSR count). The molecular weight excluding hydrogens is 346 g/mol. The molecule has 3 aromatic rings. The second-order valence-electron chi connectivity index (χ2n) is 5.77. The highest BCUT2D eigenvalue weighted by molar-refractivity contribution is 8.00. The molecule has 0 bridgehead atoms. The Kier molecular flexibility index (Phi) is 5.86. The molecule has 132 valence electrons. The minimum Gasteiger partial charge on any atom is -0.351 e. The van der Waals surface area contributed by atoms with E-state index in [1.54, 1.807) is 6.92 Å². The summed E-state index contributed by atoms with van der Waals surface area (Å²) in [6.07, 6.45) is 0. The highest BCUT2D eigenvalue weighted by atomic mass is 32.2. The van der Waals surface area contributed by atoms with Crippen LogP contribution in [0.1, 0.15) is 12.5 Å². The molecule has 0 aliphatic rings. The number of nitrogens with one attached hydrogen (secondary N) is 2. The van der Waals surface area contributed by atoms with Crippen molar-refractivity contribution >= 4 is 17.7 Å². The van der Waals surface area contributed by atoms with Crippen LogP contribution in [0, 0.1) is 0 Å². The van der Waals surface area contributed by atoms with Crippen molar-refractivity contribution in [3.8, 4) is 11.3 Å². The number of amides is 1. The van der Waals surface area contributed by atoms with E-state index < -0.39 is 0 Å². The third-order valence-corrected chi connectivity index (χ3v) is 4.74. The van der Waals surface area contributed by atoms with Crippen molar-refractivity contribution < 1.29 is 4.79 Å². The van der Waals surface area contributed by atoms with Crippen LogP contribution in [-0.4, -0.2) is 21.1 Å². The van der Waals surface area contributed by atoms with Gasteiger partial charge in [-0.2, -0.15) is 0 Å². The Morgan fingerprint density at radius 1 is 1.12 bits per heavy atom. The van der Waals surface area contributed by atoms with E-state index in [1.807, 2.05) is 60.7 Å². The second kappa shape index (κ2) is 8.49. The van der Waals surface area contributed by atoms with Crippen molar-refractivity contribution in [2.75, 3.05) is 0 Å². The summed E-state index contributed by atoms with van der Waals surface area (Å²) >= 11 is 1.23. The topological polar surface area (TPSA) is 74.8 Å². The molecular formula is C20H19N3O2S. The van der Waals surface area contributed by atoms with Gasteiger partial charge in [0.2, 0.25) is 5.91 Å². The minimum absolute atomic E-state index is 0.105. The molecule has 0 aliphatic carbocycles. The maximum Gasteiger partial charge on any atom is 0.252 e. The summed E-state index contributed by atoms with van der Waals surface area (Å²) < 4.78 is 0. The van der Waals surface area contributed by atoms with Gasteiger partial charge in [-0.1, -0.05) is 72.4 Å². The van der Waals surface area contributed by atoms with Crippen LogP contribution in [0.2, 0.25) is 0 Å². The Balaban J connectivity index is 1.67. The summed E-state index contributed by atoms with van der Waals surface area (Å²) in [5, 5.41) is 2.95. The van der Waals surface area contributed by atoms with Gasteiger partial charge >= 0.3 is 0 Å². The highest BCUT2D eigenvalue weighted by Gasteiger charge is 2.16. The normalized spacial score (nSPS) is 11.7. The monoisotopic (exact) mass is 365 g/mol. The first kappa shape index (κ1) is 17.9. The first-order valence-corrected chi connectivity index (χ1v) is 9.15. The van der Waals surface area contributed by atoms with Crippen molar-refractivity contribution in [1.29, 1.82) is 0 Å². The van der Waals surface area contributed by atoms with E-state index in [9.17, 15) is 9.59 Å². The van der Waals surface area contributed by atoms with E-state index in [0.717, 1.165) is 11.1 Å². The number of rotatable bonds is 6. The van der Waals surface area contributed by atoms with Gasteiger partial charge in [0.15, 0.2) is 5.16 Å². The predicted octanol–water partition coefficient (Wildman–Crippen LogP) is 3.23. The zero-order chi connectivity index (χ0) is 18.4. The van der Waals surface area contributed by atoms with Gasteiger partial charge in [0, 0.05) is 18.2 Å². The smallest absolute Gasteiger partial charge is 0.252 e. The van der Waals surface area contributed by atoms with Crippen LogP contribution < -0.4 is 10.9 Å². The van der Waals surface area contributed by atoms with Crippen LogP contribution in [0.15, 0.2) is 76.7 Å². The molecule has 5 nitrogen and oxygen atoms in total. The van der Waals surface area contributed by atoms with Crippen molar-refractivity contribution in [3.05, 3.63) is 82.6 Å². The molecule has 0 spiro atoms. The van der Waals surface area contributed by atoms with Crippen molar-refractivity contribution in [2.24, 2.45) is 0 Å². The third kappa shape index (κ3) is 4.83. The molecule has 0 aliphatic heterocycles. The molecule has 0 fully saturated rings. The zero-order valence-electron chi connectivity index (χ0n) is 14.3. The summed E-state index contributed by atoms with van der Waals surface area (Å²) in [7, 11) is 0. The molecule has 1 aromatic heterocycles. The molecule has 1 amide bonds. The van der Waals surface area contributed by atoms with Gasteiger partial charge in [-0.25, -0.2) is 4.98 Å². The lowest BCUT2D eigenvalue weighted by atomic mass is 10.1. The third-order valence-electron chi connectivity index (χ3n) is 3.76. The van der Waals surface area contributed by atoms with Crippen LogP contribution >= 0.6 is 11.8 Å². The SMILES string of the molecule is C[C@@H](Sc1nc(-c2ccccc2)cc(=O)[nH]1)C(=O)NCc1ccccc1. The highest BCUT2D eigenvalue weighted by Crippen LogP contribution is 2.22. The molecule has 2 aromatic carbocycles. The number of hydrogen-bond donors (Lipinski definition) is 2. The van der Waals surface area contributed by atoms with E-state index in [-0.39, 0.29) is 16.7 Å². The van der Waals surface area contributed by atoms with Gasteiger partial charge in [-0.05, 0) is 12.5 Å². The van der Waals surface area contributed by atoms with Crippen LogP contribution in [0.5, 0.6) is 0 Å². The predicted molar refractivity (Wildman–Crippen MR) is 104 cm³/mol. The molecule has 6 heteroatoms. The van der Waals surface area contributed by atoms with Crippen molar-refractivity contribution in [1.82, 2.24) is 15.3 Å². The molecule has 1 heterocycles. The number of carbonyl (C=O) groups is 1. The van der Waals surface area contributed by atoms with Crippen molar-refractivity contribution in [2.45, 2.75) is 23.9 Å². The van der Waals surface area contributed by atoms with Gasteiger partial charge in [0.1, 0.15) is 0 Å². The molecule has 0 radical (unpaired) electrons. The lowest BCUT2D eigenvalue weighted by Crippen LogP contribution is -2.30. The number of benzene rings is 2. The van der Waals surface area contributed by atoms with Crippen LogP contribution in [-0.2, 0) is 11.3 Å². The Morgan fingerprint density at radius 2 is 1.77 bits per heavy atom. The molecule has 26 heavy (non-hydrogen) atoms. The van der Waals surface area contributed by atoms with E-state index >= 15 is 0 Å². The summed E-state index contributed by atoms with van der Waals surface area (Å²) in [6.45, 7) is 2.26. The number of H-pyrrole nitrogens is 1. The summed E-state index contributed by atoms with van der Waals surface area (Å²) in [5.74, 6) is -0.105. The molecule has 0 unspecified atom stereocenters. The summed E-state index contributed by atoms with van der Waals surface area (Å²) in [4.78, 5) is 31.4. The quantitative estimate of drug-likeness (QED) is 0.519. The molecule has 1 atom stereocenters. The van der Waals surface area contributed by atoms with Gasteiger partial charge in [0.25, 0.3) is 5.56 Å².